The summed E-state index contributed by atoms with van der Waals surface area (Å²) in [6.45, 7) is 3.13. The molecule has 0 bridgehead atoms. The van der Waals surface area contributed by atoms with E-state index in [0.29, 0.717) is 5.56 Å². The molecule has 1 fully saturated rings. The molecule has 1 amide bonds. The van der Waals surface area contributed by atoms with E-state index in [-0.39, 0.29) is 24.4 Å². The van der Waals surface area contributed by atoms with E-state index in [1.807, 2.05) is 18.2 Å². The largest absolute Gasteiger partial charge is 0.416 e. The van der Waals surface area contributed by atoms with E-state index in [0.717, 1.165) is 31.3 Å². The first kappa shape index (κ1) is 19.4. The molecule has 0 spiro atoms. The minimum Gasteiger partial charge on any atom is -0.352 e. The van der Waals surface area contributed by atoms with Gasteiger partial charge in [0.15, 0.2) is 0 Å². The molecule has 0 aliphatic carbocycles. The van der Waals surface area contributed by atoms with Crippen molar-refractivity contribution in [1.82, 2.24) is 10.2 Å². The summed E-state index contributed by atoms with van der Waals surface area (Å²) in [5.74, 6) is -0.261. The Morgan fingerprint density at radius 1 is 1.04 bits per heavy atom. The van der Waals surface area contributed by atoms with Gasteiger partial charge in [-0.1, -0.05) is 30.3 Å². The minimum atomic E-state index is -4.38. The van der Waals surface area contributed by atoms with Crippen molar-refractivity contribution in [2.75, 3.05) is 19.6 Å². The van der Waals surface area contributed by atoms with Gasteiger partial charge in [-0.25, -0.2) is 0 Å². The number of carbonyl (C=O) groups excluding carboxylic acids is 1. The summed E-state index contributed by atoms with van der Waals surface area (Å²) in [5.41, 5.74) is 1.16. The average Bonchev–Trinajstić information content (AvgIpc) is 3.14. The van der Waals surface area contributed by atoms with E-state index in [2.05, 4.69) is 10.2 Å². The van der Waals surface area contributed by atoms with Gasteiger partial charge >= 0.3 is 6.18 Å². The Bertz CT molecular complexity index is 783. The van der Waals surface area contributed by atoms with Gasteiger partial charge in [0.2, 0.25) is 0 Å². The van der Waals surface area contributed by atoms with Gasteiger partial charge in [0.1, 0.15) is 0 Å². The zero-order valence-corrected chi connectivity index (χ0v) is 15.1. The standard InChI is InChI=1S/C21H23F3N2O/c22-21(23,24)19-9-2-1-7-17(19)10-11-25-20(27)18-8-5-6-16(14-18)15-26-12-3-4-13-26/h1-2,5-9,14H,3-4,10-13,15H2,(H,25,27). The van der Waals surface area contributed by atoms with Crippen LogP contribution in [-0.2, 0) is 19.1 Å². The smallest absolute Gasteiger partial charge is 0.352 e. The van der Waals surface area contributed by atoms with Crippen molar-refractivity contribution in [3.8, 4) is 0 Å². The molecule has 0 aromatic heterocycles. The molecule has 1 N–H and O–H groups in total. The third-order valence-electron chi connectivity index (χ3n) is 4.80. The number of amides is 1. The number of halogens is 3. The van der Waals surface area contributed by atoms with E-state index in [1.165, 1.54) is 25.0 Å². The van der Waals surface area contributed by atoms with Crippen molar-refractivity contribution in [3.63, 3.8) is 0 Å². The number of likely N-dealkylation sites (tertiary alicyclic amines) is 1. The molecular weight excluding hydrogens is 353 g/mol. The summed E-state index contributed by atoms with van der Waals surface area (Å²) in [7, 11) is 0. The summed E-state index contributed by atoms with van der Waals surface area (Å²) < 4.78 is 39.1. The van der Waals surface area contributed by atoms with Gasteiger partial charge in [-0.3, -0.25) is 9.69 Å². The van der Waals surface area contributed by atoms with E-state index < -0.39 is 11.7 Å². The minimum absolute atomic E-state index is 0.134. The third-order valence-corrected chi connectivity index (χ3v) is 4.80. The molecule has 2 aromatic rings. The van der Waals surface area contributed by atoms with E-state index in [9.17, 15) is 18.0 Å². The Kier molecular flexibility index (Phi) is 6.16. The molecule has 0 atom stereocenters. The van der Waals surface area contributed by atoms with Crippen molar-refractivity contribution < 1.29 is 18.0 Å². The van der Waals surface area contributed by atoms with Crippen molar-refractivity contribution in [2.24, 2.45) is 0 Å². The summed E-state index contributed by atoms with van der Waals surface area (Å²) in [6, 6.07) is 12.9. The van der Waals surface area contributed by atoms with Crippen LogP contribution in [0, 0.1) is 0 Å². The highest BCUT2D eigenvalue weighted by molar-refractivity contribution is 5.94. The SMILES string of the molecule is O=C(NCCc1ccccc1C(F)(F)F)c1cccc(CN2CCCC2)c1. The van der Waals surface area contributed by atoms with Gasteiger partial charge in [0.25, 0.3) is 5.91 Å². The highest BCUT2D eigenvalue weighted by Crippen LogP contribution is 2.31. The Hall–Kier alpha value is -2.34. The van der Waals surface area contributed by atoms with Crippen LogP contribution in [0.15, 0.2) is 48.5 Å². The van der Waals surface area contributed by atoms with Crippen molar-refractivity contribution in [2.45, 2.75) is 32.0 Å². The topological polar surface area (TPSA) is 32.3 Å². The molecule has 1 aliphatic heterocycles. The summed E-state index contributed by atoms with van der Waals surface area (Å²) in [5, 5.41) is 2.73. The van der Waals surface area contributed by atoms with Crippen LogP contribution in [0.2, 0.25) is 0 Å². The number of hydrogen-bond donors (Lipinski definition) is 1. The maximum Gasteiger partial charge on any atom is 0.416 e. The van der Waals surface area contributed by atoms with E-state index >= 15 is 0 Å². The summed E-state index contributed by atoms with van der Waals surface area (Å²) in [6.07, 6.45) is -1.83. The number of alkyl halides is 3. The predicted molar refractivity (Wildman–Crippen MR) is 98.4 cm³/mol. The number of nitrogens with zero attached hydrogens (tertiary/aromatic N) is 1. The second-order valence-electron chi connectivity index (χ2n) is 6.84. The molecule has 2 aromatic carbocycles. The second-order valence-corrected chi connectivity index (χ2v) is 6.84. The molecule has 1 heterocycles. The lowest BCUT2D eigenvalue weighted by molar-refractivity contribution is -0.138. The van der Waals surface area contributed by atoms with Crippen LogP contribution in [0.4, 0.5) is 13.2 Å². The molecule has 144 valence electrons. The molecule has 1 saturated heterocycles. The lowest BCUT2D eigenvalue weighted by Crippen LogP contribution is -2.26. The van der Waals surface area contributed by atoms with Gasteiger partial charge < -0.3 is 5.32 Å². The molecule has 1 aliphatic rings. The normalized spacial score (nSPS) is 15.1. The second kappa shape index (κ2) is 8.57. The van der Waals surface area contributed by atoms with Gasteiger partial charge in [0, 0.05) is 18.7 Å². The van der Waals surface area contributed by atoms with Crippen LogP contribution < -0.4 is 5.32 Å². The fourth-order valence-electron chi connectivity index (χ4n) is 3.44. The average molecular weight is 376 g/mol. The monoisotopic (exact) mass is 376 g/mol. The van der Waals surface area contributed by atoms with Crippen molar-refractivity contribution in [3.05, 3.63) is 70.8 Å². The Balaban J connectivity index is 1.57. The fourth-order valence-corrected chi connectivity index (χ4v) is 3.44. The first-order valence-corrected chi connectivity index (χ1v) is 9.18. The van der Waals surface area contributed by atoms with Gasteiger partial charge in [-0.15, -0.1) is 0 Å². The maximum atomic E-state index is 13.0. The van der Waals surface area contributed by atoms with Crippen molar-refractivity contribution in [1.29, 1.82) is 0 Å². The number of carbonyl (C=O) groups is 1. The van der Waals surface area contributed by atoms with E-state index in [1.54, 1.807) is 12.1 Å². The first-order valence-electron chi connectivity index (χ1n) is 9.18. The quantitative estimate of drug-likeness (QED) is 0.816. The molecule has 0 saturated carbocycles. The van der Waals surface area contributed by atoms with Crippen LogP contribution in [0.3, 0.4) is 0 Å². The molecular formula is C21H23F3N2O. The van der Waals surface area contributed by atoms with Gasteiger partial charge in [-0.2, -0.15) is 13.2 Å². The summed E-state index contributed by atoms with van der Waals surface area (Å²) >= 11 is 0. The zero-order valence-electron chi connectivity index (χ0n) is 15.1. The number of benzene rings is 2. The van der Waals surface area contributed by atoms with Crippen LogP contribution >= 0.6 is 0 Å². The zero-order chi connectivity index (χ0) is 19.3. The van der Waals surface area contributed by atoms with Gasteiger partial charge in [0.05, 0.1) is 5.56 Å². The molecule has 6 heteroatoms. The highest BCUT2D eigenvalue weighted by atomic mass is 19.4. The first-order chi connectivity index (χ1) is 12.9. The van der Waals surface area contributed by atoms with Crippen LogP contribution in [0.25, 0.3) is 0 Å². The van der Waals surface area contributed by atoms with Crippen LogP contribution in [0.5, 0.6) is 0 Å². The van der Waals surface area contributed by atoms with Crippen LogP contribution in [-0.4, -0.2) is 30.4 Å². The molecule has 27 heavy (non-hydrogen) atoms. The number of nitrogens with one attached hydrogen (secondary N) is 1. The lowest BCUT2D eigenvalue weighted by atomic mass is 10.0. The third kappa shape index (κ3) is 5.32. The van der Waals surface area contributed by atoms with Gasteiger partial charge in [-0.05, 0) is 61.7 Å². The predicted octanol–water partition coefficient (Wildman–Crippen LogP) is 4.27. The van der Waals surface area contributed by atoms with Crippen LogP contribution in [0.1, 0.15) is 39.9 Å². The molecule has 3 rings (SSSR count). The maximum absolute atomic E-state index is 13.0. The Labute approximate surface area is 157 Å². The fraction of sp³-hybridized carbons (Fsp3) is 0.381. The van der Waals surface area contributed by atoms with E-state index in [4.69, 9.17) is 0 Å². The Morgan fingerprint density at radius 3 is 2.52 bits per heavy atom. The lowest BCUT2D eigenvalue weighted by Gasteiger charge is -2.15. The molecule has 0 unspecified atom stereocenters. The number of rotatable bonds is 6. The molecule has 0 radical (unpaired) electrons. The highest BCUT2D eigenvalue weighted by Gasteiger charge is 2.32. The summed E-state index contributed by atoms with van der Waals surface area (Å²) in [4.78, 5) is 14.7. The van der Waals surface area contributed by atoms with Crippen molar-refractivity contribution >= 4 is 5.91 Å². The number of hydrogen-bond acceptors (Lipinski definition) is 2. The Morgan fingerprint density at radius 2 is 1.78 bits per heavy atom. The molecule has 3 nitrogen and oxygen atoms in total.